The van der Waals surface area contributed by atoms with Crippen LogP contribution in [0.25, 0.3) is 11.4 Å². The van der Waals surface area contributed by atoms with Crippen molar-refractivity contribution in [1.82, 2.24) is 29.8 Å². The summed E-state index contributed by atoms with van der Waals surface area (Å²) in [4.78, 5) is 34.9. The molecule has 1 amide bonds. The van der Waals surface area contributed by atoms with Gasteiger partial charge in [-0.2, -0.15) is 0 Å². The molecule has 1 aromatic carbocycles. The zero-order valence-corrected chi connectivity index (χ0v) is 15.0. The molecule has 5 rings (SSSR count). The summed E-state index contributed by atoms with van der Waals surface area (Å²) in [7, 11) is 0. The molecular formula is C21H18N6O. The SMILES string of the molecule is O=C(c1ccccc1-c1ncc[nH]1)N1CCc2[nH]cnc2C1c1cccnc1. The largest absolute Gasteiger partial charge is 0.348 e. The summed E-state index contributed by atoms with van der Waals surface area (Å²) in [6, 6.07) is 11.1. The Hall–Kier alpha value is -3.74. The molecule has 0 spiro atoms. The Kier molecular flexibility index (Phi) is 3.97. The van der Waals surface area contributed by atoms with Crippen LogP contribution >= 0.6 is 0 Å². The summed E-state index contributed by atoms with van der Waals surface area (Å²) in [5.74, 6) is 0.633. The van der Waals surface area contributed by atoms with Gasteiger partial charge in [-0.1, -0.05) is 24.3 Å². The van der Waals surface area contributed by atoms with E-state index >= 15 is 0 Å². The second kappa shape index (κ2) is 6.77. The summed E-state index contributed by atoms with van der Waals surface area (Å²) < 4.78 is 0. The number of carbonyl (C=O) groups is 1. The molecule has 1 unspecified atom stereocenters. The third-order valence-electron chi connectivity index (χ3n) is 5.10. The van der Waals surface area contributed by atoms with E-state index < -0.39 is 0 Å². The number of H-pyrrole nitrogens is 2. The van der Waals surface area contributed by atoms with Crippen LogP contribution in [0.2, 0.25) is 0 Å². The van der Waals surface area contributed by atoms with Gasteiger partial charge >= 0.3 is 0 Å². The highest BCUT2D eigenvalue weighted by Crippen LogP contribution is 2.35. The van der Waals surface area contributed by atoms with Crippen molar-refractivity contribution in [3.8, 4) is 11.4 Å². The number of amides is 1. The van der Waals surface area contributed by atoms with Crippen molar-refractivity contribution in [2.45, 2.75) is 12.5 Å². The molecule has 0 fully saturated rings. The number of aromatic amines is 2. The Morgan fingerprint density at radius 1 is 1.07 bits per heavy atom. The summed E-state index contributed by atoms with van der Waals surface area (Å²) in [5, 5.41) is 0. The molecule has 28 heavy (non-hydrogen) atoms. The van der Waals surface area contributed by atoms with Crippen molar-refractivity contribution in [2.24, 2.45) is 0 Å². The first kappa shape index (κ1) is 16.4. The van der Waals surface area contributed by atoms with Gasteiger partial charge in [-0.15, -0.1) is 0 Å². The molecule has 0 saturated carbocycles. The van der Waals surface area contributed by atoms with Gasteiger partial charge in [-0.25, -0.2) is 9.97 Å². The normalized spacial score (nSPS) is 16.0. The Balaban J connectivity index is 1.60. The van der Waals surface area contributed by atoms with Crippen LogP contribution in [0.1, 0.15) is 33.4 Å². The molecule has 1 atom stereocenters. The number of benzene rings is 1. The molecule has 138 valence electrons. The standard InChI is InChI=1S/C21H18N6O/c28-21(16-6-2-1-5-15(16)20-23-9-10-24-20)27-11-7-17-18(26-13-25-17)19(27)14-4-3-8-22-12-14/h1-6,8-10,12-13,19H,7,11H2,(H,23,24)(H,25,26). The van der Waals surface area contributed by atoms with Crippen LogP contribution in [0.15, 0.2) is 67.5 Å². The first-order valence-electron chi connectivity index (χ1n) is 9.15. The number of hydrogen-bond acceptors (Lipinski definition) is 4. The molecular weight excluding hydrogens is 352 g/mol. The van der Waals surface area contributed by atoms with Crippen LogP contribution in [-0.2, 0) is 6.42 Å². The number of pyridine rings is 1. The number of carbonyl (C=O) groups excluding carboxylic acids is 1. The van der Waals surface area contributed by atoms with Gasteiger partial charge in [0.15, 0.2) is 0 Å². The van der Waals surface area contributed by atoms with Crippen molar-refractivity contribution < 1.29 is 4.79 Å². The number of aromatic nitrogens is 5. The van der Waals surface area contributed by atoms with Crippen molar-refractivity contribution >= 4 is 5.91 Å². The van der Waals surface area contributed by atoms with E-state index in [1.54, 1.807) is 31.1 Å². The molecule has 4 heterocycles. The molecule has 7 heteroatoms. The van der Waals surface area contributed by atoms with Gasteiger partial charge in [-0.05, 0) is 17.7 Å². The highest BCUT2D eigenvalue weighted by Gasteiger charge is 2.35. The number of nitrogens with zero attached hydrogens (tertiary/aromatic N) is 4. The van der Waals surface area contributed by atoms with E-state index in [0.29, 0.717) is 17.9 Å². The zero-order valence-electron chi connectivity index (χ0n) is 15.0. The maximum atomic E-state index is 13.7. The van der Waals surface area contributed by atoms with E-state index in [-0.39, 0.29) is 11.9 Å². The van der Waals surface area contributed by atoms with Gasteiger partial charge in [-0.3, -0.25) is 9.78 Å². The minimum absolute atomic E-state index is 0.0468. The van der Waals surface area contributed by atoms with E-state index in [4.69, 9.17) is 0 Å². The van der Waals surface area contributed by atoms with E-state index in [1.807, 2.05) is 41.3 Å². The lowest BCUT2D eigenvalue weighted by atomic mass is 9.95. The highest BCUT2D eigenvalue weighted by atomic mass is 16.2. The summed E-state index contributed by atoms with van der Waals surface area (Å²) in [6.07, 6.45) is 9.40. The quantitative estimate of drug-likeness (QED) is 0.580. The summed E-state index contributed by atoms with van der Waals surface area (Å²) in [6.45, 7) is 0.597. The van der Waals surface area contributed by atoms with Gasteiger partial charge in [0.1, 0.15) is 11.9 Å². The van der Waals surface area contributed by atoms with Crippen molar-refractivity contribution in [2.75, 3.05) is 6.54 Å². The average molecular weight is 370 g/mol. The van der Waals surface area contributed by atoms with Gasteiger partial charge < -0.3 is 14.9 Å². The molecule has 0 bridgehead atoms. The maximum absolute atomic E-state index is 13.7. The van der Waals surface area contributed by atoms with E-state index in [9.17, 15) is 4.79 Å². The van der Waals surface area contributed by atoms with Crippen LogP contribution in [-0.4, -0.2) is 42.3 Å². The molecule has 1 aliphatic rings. The van der Waals surface area contributed by atoms with Crippen LogP contribution in [0.5, 0.6) is 0 Å². The molecule has 3 aromatic heterocycles. The van der Waals surface area contributed by atoms with Gasteiger partial charge in [0.25, 0.3) is 5.91 Å². The fourth-order valence-electron chi connectivity index (χ4n) is 3.81. The van der Waals surface area contributed by atoms with E-state index in [1.165, 1.54) is 0 Å². The third-order valence-corrected chi connectivity index (χ3v) is 5.10. The second-order valence-corrected chi connectivity index (χ2v) is 6.69. The molecule has 0 aliphatic carbocycles. The minimum Gasteiger partial charge on any atom is -0.348 e. The summed E-state index contributed by atoms with van der Waals surface area (Å²) in [5.41, 5.74) is 4.29. The third kappa shape index (κ3) is 2.68. The van der Waals surface area contributed by atoms with Gasteiger partial charge in [0.2, 0.25) is 0 Å². The lowest BCUT2D eigenvalue weighted by Gasteiger charge is -2.35. The zero-order chi connectivity index (χ0) is 18.9. The number of rotatable bonds is 3. The highest BCUT2D eigenvalue weighted by molar-refractivity contribution is 6.00. The van der Waals surface area contributed by atoms with E-state index in [2.05, 4.69) is 24.9 Å². The smallest absolute Gasteiger partial charge is 0.255 e. The lowest BCUT2D eigenvalue weighted by Crippen LogP contribution is -2.41. The van der Waals surface area contributed by atoms with Gasteiger partial charge in [0.05, 0.1) is 17.6 Å². The van der Waals surface area contributed by atoms with Crippen LogP contribution in [0, 0.1) is 0 Å². The first-order valence-corrected chi connectivity index (χ1v) is 9.15. The Bertz CT molecular complexity index is 1100. The summed E-state index contributed by atoms with van der Waals surface area (Å²) >= 11 is 0. The molecule has 0 radical (unpaired) electrons. The fourth-order valence-corrected chi connectivity index (χ4v) is 3.81. The lowest BCUT2D eigenvalue weighted by molar-refractivity contribution is 0.0691. The van der Waals surface area contributed by atoms with Crippen molar-refractivity contribution in [1.29, 1.82) is 0 Å². The molecule has 7 nitrogen and oxygen atoms in total. The number of fused-ring (bicyclic) bond motifs is 1. The molecule has 2 N–H and O–H groups in total. The Morgan fingerprint density at radius 3 is 2.82 bits per heavy atom. The van der Waals surface area contributed by atoms with Crippen LogP contribution < -0.4 is 0 Å². The minimum atomic E-state index is -0.277. The van der Waals surface area contributed by atoms with Crippen LogP contribution in [0.3, 0.4) is 0 Å². The number of hydrogen-bond donors (Lipinski definition) is 2. The second-order valence-electron chi connectivity index (χ2n) is 6.69. The maximum Gasteiger partial charge on any atom is 0.255 e. The van der Waals surface area contributed by atoms with E-state index in [0.717, 1.165) is 28.9 Å². The van der Waals surface area contributed by atoms with Crippen LogP contribution in [0.4, 0.5) is 0 Å². The van der Waals surface area contributed by atoms with Gasteiger partial charge in [0, 0.05) is 49.0 Å². The Morgan fingerprint density at radius 2 is 2.00 bits per heavy atom. The van der Waals surface area contributed by atoms with Crippen molar-refractivity contribution in [3.63, 3.8) is 0 Å². The molecule has 1 aliphatic heterocycles. The average Bonchev–Trinajstić information content (AvgIpc) is 3.45. The predicted octanol–water partition coefficient (Wildman–Crippen LogP) is 2.98. The monoisotopic (exact) mass is 370 g/mol. The molecule has 4 aromatic rings. The molecule has 0 saturated heterocycles. The topological polar surface area (TPSA) is 90.6 Å². The number of imidazole rings is 2. The predicted molar refractivity (Wildman–Crippen MR) is 103 cm³/mol. The number of nitrogens with one attached hydrogen (secondary N) is 2. The first-order chi connectivity index (χ1) is 13.8. The van der Waals surface area contributed by atoms with Crippen molar-refractivity contribution in [3.05, 3.63) is 90.0 Å². The Labute approximate surface area is 161 Å². The fraction of sp³-hybridized carbons (Fsp3) is 0.143.